The third-order valence-corrected chi connectivity index (χ3v) is 3.59. The van der Waals surface area contributed by atoms with Crippen molar-refractivity contribution in [1.82, 2.24) is 10.5 Å². The van der Waals surface area contributed by atoms with Crippen LogP contribution in [0.25, 0.3) is 0 Å². The van der Waals surface area contributed by atoms with Crippen molar-refractivity contribution < 1.29 is 4.84 Å². The van der Waals surface area contributed by atoms with Crippen LogP contribution in [-0.2, 0) is 4.84 Å². The third kappa shape index (κ3) is 3.00. The summed E-state index contributed by atoms with van der Waals surface area (Å²) < 4.78 is 0. The molecule has 1 aliphatic carbocycles. The number of nitrogens with zero attached hydrogens (tertiary/aromatic N) is 1. The van der Waals surface area contributed by atoms with Gasteiger partial charge in [-0.2, -0.15) is 5.48 Å². The third-order valence-electron chi connectivity index (χ3n) is 2.79. The molecule has 84 valence electrons. The highest BCUT2D eigenvalue weighted by molar-refractivity contribution is 7.09. The van der Waals surface area contributed by atoms with E-state index in [1.54, 1.807) is 11.3 Å². The van der Waals surface area contributed by atoms with Crippen LogP contribution >= 0.6 is 11.3 Å². The lowest BCUT2D eigenvalue weighted by atomic mass is 10.3. The normalized spacial score (nSPS) is 19.6. The smallest absolute Gasteiger partial charge is 0.0898 e. The standard InChI is InChI=1S/C11H18N2OS/c1-8(11-7-15-9(2)12-11)13-14-10-5-3-4-6-10/h7-8,10,13H,3-6H2,1-2H3. The fourth-order valence-electron chi connectivity index (χ4n) is 1.84. The fourth-order valence-corrected chi connectivity index (χ4v) is 2.55. The van der Waals surface area contributed by atoms with Crippen molar-refractivity contribution in [3.63, 3.8) is 0 Å². The van der Waals surface area contributed by atoms with Gasteiger partial charge in [-0.3, -0.25) is 4.84 Å². The Morgan fingerprint density at radius 1 is 1.53 bits per heavy atom. The average molecular weight is 226 g/mol. The molecule has 1 heterocycles. The molecule has 1 N–H and O–H groups in total. The Hall–Kier alpha value is -0.450. The number of aryl methyl sites for hydroxylation is 1. The largest absolute Gasteiger partial charge is 0.298 e. The first-order chi connectivity index (χ1) is 7.25. The van der Waals surface area contributed by atoms with E-state index in [9.17, 15) is 0 Å². The minimum Gasteiger partial charge on any atom is -0.298 e. The summed E-state index contributed by atoms with van der Waals surface area (Å²) in [6.07, 6.45) is 5.39. The van der Waals surface area contributed by atoms with Gasteiger partial charge in [0.15, 0.2) is 0 Å². The predicted octanol–water partition coefficient (Wildman–Crippen LogP) is 2.98. The molecule has 0 bridgehead atoms. The number of hydrogen-bond donors (Lipinski definition) is 1. The monoisotopic (exact) mass is 226 g/mol. The van der Waals surface area contributed by atoms with E-state index in [1.807, 2.05) is 6.92 Å². The molecule has 15 heavy (non-hydrogen) atoms. The lowest BCUT2D eigenvalue weighted by molar-refractivity contribution is -0.0382. The second-order valence-electron chi connectivity index (χ2n) is 4.16. The average Bonchev–Trinajstić information content (AvgIpc) is 2.84. The van der Waals surface area contributed by atoms with Crippen LogP contribution < -0.4 is 5.48 Å². The van der Waals surface area contributed by atoms with Crippen LogP contribution in [0.2, 0.25) is 0 Å². The summed E-state index contributed by atoms with van der Waals surface area (Å²) in [6, 6.07) is 0.190. The highest BCUT2D eigenvalue weighted by atomic mass is 32.1. The van der Waals surface area contributed by atoms with Gasteiger partial charge in [-0.25, -0.2) is 4.98 Å². The van der Waals surface area contributed by atoms with E-state index in [0.29, 0.717) is 6.10 Å². The molecule has 1 saturated carbocycles. The van der Waals surface area contributed by atoms with Crippen molar-refractivity contribution in [1.29, 1.82) is 0 Å². The van der Waals surface area contributed by atoms with Crippen molar-refractivity contribution in [3.8, 4) is 0 Å². The van der Waals surface area contributed by atoms with Crippen LogP contribution in [0.1, 0.15) is 49.4 Å². The summed E-state index contributed by atoms with van der Waals surface area (Å²) in [5.74, 6) is 0. The van der Waals surface area contributed by atoms with E-state index in [-0.39, 0.29) is 6.04 Å². The number of hydrogen-bond acceptors (Lipinski definition) is 4. The molecule has 0 spiro atoms. The molecule has 1 atom stereocenters. The van der Waals surface area contributed by atoms with Gasteiger partial charge in [0.1, 0.15) is 0 Å². The molecule has 0 aliphatic heterocycles. The molecule has 1 aromatic rings. The molecule has 2 rings (SSSR count). The Bertz CT molecular complexity index is 307. The van der Waals surface area contributed by atoms with Crippen LogP contribution in [0.4, 0.5) is 0 Å². The summed E-state index contributed by atoms with van der Waals surface area (Å²) in [6.45, 7) is 4.11. The SMILES string of the molecule is Cc1nc(C(C)NOC2CCCC2)cs1. The van der Waals surface area contributed by atoms with Gasteiger partial charge in [-0.1, -0.05) is 12.8 Å². The van der Waals surface area contributed by atoms with Gasteiger partial charge in [-0.15, -0.1) is 11.3 Å². The van der Waals surface area contributed by atoms with Gasteiger partial charge in [-0.05, 0) is 26.7 Å². The van der Waals surface area contributed by atoms with Crippen LogP contribution in [0.3, 0.4) is 0 Å². The molecular weight excluding hydrogens is 208 g/mol. The van der Waals surface area contributed by atoms with E-state index in [4.69, 9.17) is 4.84 Å². The van der Waals surface area contributed by atoms with E-state index < -0.39 is 0 Å². The second-order valence-corrected chi connectivity index (χ2v) is 5.22. The molecule has 4 heteroatoms. The number of thiazole rings is 1. The second kappa shape index (κ2) is 5.05. The molecular formula is C11H18N2OS. The highest BCUT2D eigenvalue weighted by Crippen LogP contribution is 2.21. The zero-order valence-corrected chi connectivity index (χ0v) is 10.1. The zero-order valence-electron chi connectivity index (χ0n) is 9.32. The molecule has 1 aromatic heterocycles. The van der Waals surface area contributed by atoms with Gasteiger partial charge in [0.05, 0.1) is 22.8 Å². The molecule has 1 unspecified atom stereocenters. The zero-order chi connectivity index (χ0) is 10.7. The summed E-state index contributed by atoms with van der Waals surface area (Å²) in [5.41, 5.74) is 4.18. The molecule has 0 aromatic carbocycles. The Morgan fingerprint density at radius 3 is 2.87 bits per heavy atom. The number of aromatic nitrogens is 1. The molecule has 3 nitrogen and oxygen atoms in total. The van der Waals surface area contributed by atoms with Crippen molar-refractivity contribution in [2.24, 2.45) is 0 Å². The van der Waals surface area contributed by atoms with Gasteiger partial charge in [0, 0.05) is 5.38 Å². The summed E-state index contributed by atoms with van der Waals surface area (Å²) in [4.78, 5) is 10.1. The number of rotatable bonds is 4. The van der Waals surface area contributed by atoms with Crippen LogP contribution in [0.5, 0.6) is 0 Å². The van der Waals surface area contributed by atoms with Gasteiger partial charge < -0.3 is 0 Å². The lowest BCUT2D eigenvalue weighted by Gasteiger charge is -2.15. The summed E-state index contributed by atoms with van der Waals surface area (Å²) in [7, 11) is 0. The van der Waals surface area contributed by atoms with E-state index in [0.717, 1.165) is 10.7 Å². The maximum absolute atomic E-state index is 5.64. The van der Waals surface area contributed by atoms with Crippen LogP contribution in [0, 0.1) is 6.92 Å². The van der Waals surface area contributed by atoms with Crippen molar-refractivity contribution in [2.45, 2.75) is 51.7 Å². The van der Waals surface area contributed by atoms with Crippen molar-refractivity contribution >= 4 is 11.3 Å². The Morgan fingerprint density at radius 2 is 2.27 bits per heavy atom. The molecule has 0 amide bonds. The fraction of sp³-hybridized carbons (Fsp3) is 0.727. The number of hydroxylamine groups is 1. The lowest BCUT2D eigenvalue weighted by Crippen LogP contribution is -2.24. The quantitative estimate of drug-likeness (QED) is 0.801. The first kappa shape index (κ1) is 11.0. The molecule has 0 radical (unpaired) electrons. The number of nitrogens with one attached hydrogen (secondary N) is 1. The molecule has 1 fully saturated rings. The Kier molecular flexibility index (Phi) is 3.72. The maximum Gasteiger partial charge on any atom is 0.0898 e. The first-order valence-electron chi connectivity index (χ1n) is 5.59. The van der Waals surface area contributed by atoms with E-state index in [2.05, 4.69) is 22.8 Å². The molecule has 1 aliphatic rings. The van der Waals surface area contributed by atoms with Crippen LogP contribution in [0.15, 0.2) is 5.38 Å². The van der Waals surface area contributed by atoms with Gasteiger partial charge in [0.25, 0.3) is 0 Å². The minimum atomic E-state index is 0.190. The minimum absolute atomic E-state index is 0.190. The van der Waals surface area contributed by atoms with E-state index >= 15 is 0 Å². The maximum atomic E-state index is 5.64. The van der Waals surface area contributed by atoms with Gasteiger partial charge >= 0.3 is 0 Å². The van der Waals surface area contributed by atoms with Crippen LogP contribution in [-0.4, -0.2) is 11.1 Å². The first-order valence-corrected chi connectivity index (χ1v) is 6.47. The summed E-state index contributed by atoms with van der Waals surface area (Å²) >= 11 is 1.68. The summed E-state index contributed by atoms with van der Waals surface area (Å²) in [5, 5.41) is 3.20. The Labute approximate surface area is 94.8 Å². The van der Waals surface area contributed by atoms with Crippen molar-refractivity contribution in [2.75, 3.05) is 0 Å². The van der Waals surface area contributed by atoms with Gasteiger partial charge in [0.2, 0.25) is 0 Å². The van der Waals surface area contributed by atoms with Crippen molar-refractivity contribution in [3.05, 3.63) is 16.1 Å². The highest BCUT2D eigenvalue weighted by Gasteiger charge is 2.17. The molecule has 0 saturated heterocycles. The topological polar surface area (TPSA) is 34.2 Å². The Balaban J connectivity index is 1.79. The predicted molar refractivity (Wildman–Crippen MR) is 61.7 cm³/mol. The van der Waals surface area contributed by atoms with E-state index in [1.165, 1.54) is 25.7 Å².